The van der Waals surface area contributed by atoms with Crippen LogP contribution in [0.15, 0.2) is 59.7 Å². The molecule has 0 spiro atoms. The lowest BCUT2D eigenvalue weighted by molar-refractivity contribution is 0.0955. The van der Waals surface area contributed by atoms with Crippen LogP contribution >= 0.6 is 0 Å². The fourth-order valence-corrected chi connectivity index (χ4v) is 1.71. The van der Waals surface area contributed by atoms with Crippen molar-refractivity contribution in [2.45, 2.75) is 12.8 Å². The summed E-state index contributed by atoms with van der Waals surface area (Å²) >= 11 is 0. The molecule has 0 saturated carbocycles. The van der Waals surface area contributed by atoms with Gasteiger partial charge in [-0.15, -0.1) is 0 Å². The summed E-state index contributed by atoms with van der Waals surface area (Å²) in [6.45, 7) is 0. The van der Waals surface area contributed by atoms with E-state index in [9.17, 15) is 9.18 Å². The first-order valence-electron chi connectivity index (χ1n) is 6.37. The summed E-state index contributed by atoms with van der Waals surface area (Å²) in [7, 11) is 0. The number of carbonyl (C=O) groups excluding carboxylic acids is 1. The zero-order valence-corrected chi connectivity index (χ0v) is 10.9. The largest absolute Gasteiger partial charge is 0.271 e. The Bertz CT molecular complexity index is 579. The summed E-state index contributed by atoms with van der Waals surface area (Å²) in [4.78, 5) is 11.6. The second-order valence-electron chi connectivity index (χ2n) is 4.28. The number of benzene rings is 2. The SMILES string of the molecule is O=C(N/N=C\CCc1ccccc1)c1ccc(F)cc1. The summed E-state index contributed by atoms with van der Waals surface area (Å²) < 4.78 is 12.7. The maximum Gasteiger partial charge on any atom is 0.271 e. The molecule has 2 aromatic carbocycles. The molecule has 102 valence electrons. The highest BCUT2D eigenvalue weighted by Gasteiger charge is 2.03. The number of nitrogens with zero attached hydrogens (tertiary/aromatic N) is 1. The quantitative estimate of drug-likeness (QED) is 0.658. The van der Waals surface area contributed by atoms with Gasteiger partial charge in [-0.25, -0.2) is 9.82 Å². The van der Waals surface area contributed by atoms with Crippen LogP contribution in [-0.2, 0) is 6.42 Å². The second kappa shape index (κ2) is 7.19. The number of hydrogen-bond acceptors (Lipinski definition) is 2. The van der Waals surface area contributed by atoms with E-state index in [0.717, 1.165) is 12.8 Å². The first kappa shape index (κ1) is 13.9. The van der Waals surface area contributed by atoms with Crippen LogP contribution in [0.3, 0.4) is 0 Å². The van der Waals surface area contributed by atoms with Crippen LogP contribution in [0.1, 0.15) is 22.3 Å². The van der Waals surface area contributed by atoms with Gasteiger partial charge in [-0.1, -0.05) is 30.3 Å². The zero-order valence-electron chi connectivity index (χ0n) is 10.9. The normalized spacial score (nSPS) is 10.7. The summed E-state index contributed by atoms with van der Waals surface area (Å²) in [5, 5.41) is 3.87. The number of nitrogens with one attached hydrogen (secondary N) is 1. The van der Waals surface area contributed by atoms with E-state index in [1.807, 2.05) is 30.3 Å². The number of halogens is 1. The molecule has 0 radical (unpaired) electrons. The van der Waals surface area contributed by atoms with E-state index in [1.54, 1.807) is 6.21 Å². The first-order chi connectivity index (χ1) is 9.75. The number of hydrogen-bond donors (Lipinski definition) is 1. The number of carbonyl (C=O) groups is 1. The van der Waals surface area contributed by atoms with Gasteiger partial charge >= 0.3 is 0 Å². The van der Waals surface area contributed by atoms with E-state index in [4.69, 9.17) is 0 Å². The highest BCUT2D eigenvalue weighted by atomic mass is 19.1. The van der Waals surface area contributed by atoms with E-state index in [1.165, 1.54) is 29.8 Å². The Balaban J connectivity index is 1.76. The lowest BCUT2D eigenvalue weighted by atomic mass is 10.1. The topological polar surface area (TPSA) is 41.5 Å². The molecular weight excluding hydrogens is 255 g/mol. The minimum Gasteiger partial charge on any atom is -0.267 e. The summed E-state index contributed by atoms with van der Waals surface area (Å²) in [5.41, 5.74) is 4.02. The Morgan fingerprint density at radius 3 is 2.50 bits per heavy atom. The minimum absolute atomic E-state index is 0.346. The third-order valence-corrected chi connectivity index (χ3v) is 2.77. The highest BCUT2D eigenvalue weighted by molar-refractivity contribution is 5.94. The Morgan fingerprint density at radius 1 is 1.10 bits per heavy atom. The van der Waals surface area contributed by atoms with E-state index >= 15 is 0 Å². The van der Waals surface area contributed by atoms with Crippen molar-refractivity contribution in [1.29, 1.82) is 0 Å². The molecule has 2 rings (SSSR count). The minimum atomic E-state index is -0.368. The second-order valence-corrected chi connectivity index (χ2v) is 4.28. The van der Waals surface area contributed by atoms with Gasteiger partial charge in [0, 0.05) is 11.8 Å². The van der Waals surface area contributed by atoms with Crippen molar-refractivity contribution < 1.29 is 9.18 Å². The standard InChI is InChI=1S/C16H15FN2O/c17-15-10-8-14(9-11-15)16(20)19-18-12-4-7-13-5-2-1-3-6-13/h1-3,5-6,8-12H,4,7H2,(H,19,20)/b18-12-. The molecule has 0 saturated heterocycles. The fraction of sp³-hybridized carbons (Fsp3) is 0.125. The van der Waals surface area contributed by atoms with Crippen molar-refractivity contribution in [3.8, 4) is 0 Å². The number of hydrazone groups is 1. The molecule has 0 unspecified atom stereocenters. The fourth-order valence-electron chi connectivity index (χ4n) is 1.71. The molecule has 0 bridgehead atoms. The third kappa shape index (κ3) is 4.31. The summed E-state index contributed by atoms with van der Waals surface area (Å²) in [6.07, 6.45) is 3.28. The molecule has 0 fully saturated rings. The molecule has 3 nitrogen and oxygen atoms in total. The zero-order chi connectivity index (χ0) is 14.2. The van der Waals surface area contributed by atoms with Crippen LogP contribution in [0.4, 0.5) is 4.39 Å². The average Bonchev–Trinajstić information content (AvgIpc) is 2.48. The van der Waals surface area contributed by atoms with Crippen molar-refractivity contribution in [3.63, 3.8) is 0 Å². The first-order valence-corrected chi connectivity index (χ1v) is 6.37. The van der Waals surface area contributed by atoms with Gasteiger partial charge in [0.05, 0.1) is 0 Å². The van der Waals surface area contributed by atoms with Gasteiger partial charge in [-0.3, -0.25) is 4.79 Å². The Labute approximate surface area is 117 Å². The Kier molecular flexibility index (Phi) is 5.00. The molecule has 0 heterocycles. The average molecular weight is 270 g/mol. The van der Waals surface area contributed by atoms with Crippen LogP contribution in [0, 0.1) is 5.82 Å². The molecular formula is C16H15FN2O. The molecule has 4 heteroatoms. The van der Waals surface area contributed by atoms with E-state index in [0.29, 0.717) is 5.56 Å². The maximum atomic E-state index is 12.7. The van der Waals surface area contributed by atoms with Gasteiger partial charge in [-0.2, -0.15) is 5.10 Å². The van der Waals surface area contributed by atoms with Crippen LogP contribution in [0.5, 0.6) is 0 Å². The number of amides is 1. The Morgan fingerprint density at radius 2 is 1.80 bits per heavy atom. The van der Waals surface area contributed by atoms with Crippen molar-refractivity contribution in [3.05, 3.63) is 71.5 Å². The summed E-state index contributed by atoms with van der Waals surface area (Å²) in [5.74, 6) is -0.714. The smallest absolute Gasteiger partial charge is 0.267 e. The molecule has 0 aliphatic rings. The summed E-state index contributed by atoms with van der Waals surface area (Å²) in [6, 6.07) is 15.4. The Hall–Kier alpha value is -2.49. The van der Waals surface area contributed by atoms with E-state index in [-0.39, 0.29) is 11.7 Å². The van der Waals surface area contributed by atoms with Crippen molar-refractivity contribution >= 4 is 12.1 Å². The predicted octanol–water partition coefficient (Wildman–Crippen LogP) is 3.17. The van der Waals surface area contributed by atoms with Gasteiger partial charge < -0.3 is 0 Å². The molecule has 2 aromatic rings. The van der Waals surface area contributed by atoms with Crippen LogP contribution in [-0.4, -0.2) is 12.1 Å². The van der Waals surface area contributed by atoms with E-state index < -0.39 is 0 Å². The number of rotatable bonds is 5. The van der Waals surface area contributed by atoms with Crippen LogP contribution in [0.25, 0.3) is 0 Å². The molecule has 1 amide bonds. The number of aryl methyl sites for hydroxylation is 1. The lowest BCUT2D eigenvalue weighted by Gasteiger charge is -1.99. The maximum absolute atomic E-state index is 12.7. The lowest BCUT2D eigenvalue weighted by Crippen LogP contribution is -2.17. The molecule has 0 aliphatic carbocycles. The van der Waals surface area contributed by atoms with Gasteiger partial charge in [-0.05, 0) is 42.7 Å². The van der Waals surface area contributed by atoms with Gasteiger partial charge in [0.2, 0.25) is 0 Å². The molecule has 1 N–H and O–H groups in total. The molecule has 20 heavy (non-hydrogen) atoms. The van der Waals surface area contributed by atoms with Gasteiger partial charge in [0.1, 0.15) is 5.82 Å². The van der Waals surface area contributed by atoms with Crippen LogP contribution in [0.2, 0.25) is 0 Å². The molecule has 0 aromatic heterocycles. The van der Waals surface area contributed by atoms with Crippen molar-refractivity contribution in [2.75, 3.05) is 0 Å². The monoisotopic (exact) mass is 270 g/mol. The van der Waals surface area contributed by atoms with Crippen molar-refractivity contribution in [1.82, 2.24) is 5.43 Å². The van der Waals surface area contributed by atoms with Gasteiger partial charge in [0.25, 0.3) is 5.91 Å². The van der Waals surface area contributed by atoms with Crippen LogP contribution < -0.4 is 5.43 Å². The predicted molar refractivity (Wildman–Crippen MR) is 77.1 cm³/mol. The highest BCUT2D eigenvalue weighted by Crippen LogP contribution is 2.03. The van der Waals surface area contributed by atoms with E-state index in [2.05, 4.69) is 10.5 Å². The molecule has 0 aliphatic heterocycles. The third-order valence-electron chi connectivity index (χ3n) is 2.77. The van der Waals surface area contributed by atoms with Crippen molar-refractivity contribution in [2.24, 2.45) is 5.10 Å². The molecule has 0 atom stereocenters. The van der Waals surface area contributed by atoms with Gasteiger partial charge in [0.15, 0.2) is 0 Å².